The number of rotatable bonds is 4. The fraction of sp³-hybridized carbons (Fsp3) is 0.778. The zero-order chi connectivity index (χ0) is 17.2. The summed E-state index contributed by atoms with van der Waals surface area (Å²) in [6.07, 6.45) is 6.39. The number of hydrogen-bond donors (Lipinski definition) is 0. The van der Waals surface area contributed by atoms with Crippen molar-refractivity contribution >= 4 is 23.6 Å². The lowest BCUT2D eigenvalue weighted by molar-refractivity contribution is -0.148. The molecule has 1 heterocycles. The van der Waals surface area contributed by atoms with Crippen LogP contribution in [0.4, 0.5) is 4.79 Å². The Bertz CT molecular complexity index is 604. The molecule has 0 unspecified atom stereocenters. The normalized spacial score (nSPS) is 38.0. The van der Waals surface area contributed by atoms with Crippen LogP contribution in [0.25, 0.3) is 0 Å². The summed E-state index contributed by atoms with van der Waals surface area (Å²) in [5.41, 5.74) is -0.358. The van der Waals surface area contributed by atoms with Gasteiger partial charge in [-0.3, -0.25) is 19.3 Å². The minimum absolute atomic E-state index is 0.0123. The highest BCUT2D eigenvalue weighted by Crippen LogP contribution is 2.60. The van der Waals surface area contributed by atoms with Crippen molar-refractivity contribution in [3.8, 4) is 0 Å². The predicted molar refractivity (Wildman–Crippen MR) is 84.7 cm³/mol. The first-order valence-corrected chi connectivity index (χ1v) is 9.03. The summed E-state index contributed by atoms with van der Waals surface area (Å²) in [4.78, 5) is 51.4. The van der Waals surface area contributed by atoms with Crippen LogP contribution in [0.5, 0.6) is 0 Å². The Labute approximate surface area is 141 Å². The Morgan fingerprint density at radius 3 is 1.92 bits per heavy atom. The number of nitrogens with zero attached hydrogens (tertiary/aromatic N) is 2. The third-order valence-electron chi connectivity index (χ3n) is 6.53. The van der Waals surface area contributed by atoms with Gasteiger partial charge in [-0.05, 0) is 70.1 Å². The zero-order valence-corrected chi connectivity index (χ0v) is 14.3. The molecule has 6 heteroatoms. The maximum Gasteiger partial charge on any atom is 0.334 e. The van der Waals surface area contributed by atoms with E-state index < -0.39 is 17.8 Å². The highest BCUT2D eigenvalue weighted by molar-refractivity contribution is 6.45. The Morgan fingerprint density at radius 2 is 1.50 bits per heavy atom. The monoisotopic (exact) mass is 332 g/mol. The fourth-order valence-corrected chi connectivity index (χ4v) is 5.88. The second kappa shape index (κ2) is 5.14. The smallest absolute Gasteiger partial charge is 0.297 e. The van der Waals surface area contributed by atoms with Gasteiger partial charge in [0, 0.05) is 11.5 Å². The highest BCUT2D eigenvalue weighted by Gasteiger charge is 2.56. The summed E-state index contributed by atoms with van der Waals surface area (Å²) < 4.78 is 0. The fourth-order valence-electron chi connectivity index (χ4n) is 5.88. The summed E-state index contributed by atoms with van der Waals surface area (Å²) in [6, 6.07) is -1.02. The largest absolute Gasteiger partial charge is 0.334 e. The number of urea groups is 1. The molecule has 0 spiro atoms. The summed E-state index contributed by atoms with van der Waals surface area (Å²) in [5.74, 6) is 0.193. The van der Waals surface area contributed by atoms with Crippen LogP contribution >= 0.6 is 0 Å². The van der Waals surface area contributed by atoms with Crippen molar-refractivity contribution in [1.29, 1.82) is 0 Å². The molecular formula is C18H24N2O4. The minimum Gasteiger partial charge on any atom is -0.297 e. The number of Topliss-reactive ketones (excluding diaryl/α,β-unsaturated/α-hetero) is 1. The van der Waals surface area contributed by atoms with E-state index >= 15 is 0 Å². The van der Waals surface area contributed by atoms with Gasteiger partial charge in [0.15, 0.2) is 5.78 Å². The molecule has 4 amide bonds. The molecule has 0 N–H and O–H groups in total. The first-order chi connectivity index (χ1) is 11.3. The van der Waals surface area contributed by atoms with Gasteiger partial charge in [-0.2, -0.15) is 0 Å². The summed E-state index contributed by atoms with van der Waals surface area (Å²) in [7, 11) is 0. The first kappa shape index (κ1) is 15.8. The van der Waals surface area contributed by atoms with E-state index in [0.717, 1.165) is 29.1 Å². The Kier molecular flexibility index (Phi) is 3.38. The maximum absolute atomic E-state index is 13.1. The van der Waals surface area contributed by atoms with Gasteiger partial charge >= 0.3 is 17.8 Å². The Balaban J connectivity index is 1.53. The average molecular weight is 332 g/mol. The van der Waals surface area contributed by atoms with Gasteiger partial charge in [0.2, 0.25) is 0 Å². The molecule has 1 saturated heterocycles. The number of carbonyl (C=O) groups excluding carboxylic acids is 4. The van der Waals surface area contributed by atoms with Gasteiger partial charge in [-0.15, -0.1) is 0 Å². The van der Waals surface area contributed by atoms with Crippen molar-refractivity contribution in [1.82, 2.24) is 9.80 Å². The summed E-state index contributed by atoms with van der Waals surface area (Å²) in [5, 5.41) is 0. The zero-order valence-electron chi connectivity index (χ0n) is 14.3. The first-order valence-electron chi connectivity index (χ1n) is 9.03. The van der Waals surface area contributed by atoms with E-state index in [-0.39, 0.29) is 23.8 Å². The second-order valence-electron chi connectivity index (χ2n) is 8.56. The molecule has 5 fully saturated rings. The summed E-state index contributed by atoms with van der Waals surface area (Å²) >= 11 is 0. The molecule has 1 aliphatic heterocycles. The lowest BCUT2D eigenvalue weighted by Gasteiger charge is -2.56. The molecule has 4 bridgehead atoms. The van der Waals surface area contributed by atoms with Gasteiger partial charge in [0.25, 0.3) is 0 Å². The molecule has 24 heavy (non-hydrogen) atoms. The van der Waals surface area contributed by atoms with Crippen molar-refractivity contribution in [3.63, 3.8) is 0 Å². The lowest BCUT2D eigenvalue weighted by Crippen LogP contribution is -2.53. The van der Waals surface area contributed by atoms with Crippen LogP contribution in [0.15, 0.2) is 0 Å². The van der Waals surface area contributed by atoms with Crippen molar-refractivity contribution < 1.29 is 19.2 Å². The van der Waals surface area contributed by atoms with Gasteiger partial charge in [0.1, 0.15) is 0 Å². The van der Waals surface area contributed by atoms with Gasteiger partial charge in [-0.1, -0.05) is 0 Å². The molecule has 4 aliphatic carbocycles. The Hall–Kier alpha value is -1.72. The van der Waals surface area contributed by atoms with Crippen LogP contribution in [-0.4, -0.2) is 46.0 Å². The molecule has 130 valence electrons. The molecule has 0 aromatic heterocycles. The predicted octanol–water partition coefficient (Wildman–Crippen LogP) is 1.97. The lowest BCUT2D eigenvalue weighted by atomic mass is 9.48. The molecular weight excluding hydrogens is 308 g/mol. The van der Waals surface area contributed by atoms with E-state index in [2.05, 4.69) is 0 Å². The van der Waals surface area contributed by atoms with Crippen LogP contribution in [-0.2, 0) is 14.4 Å². The topological polar surface area (TPSA) is 74.8 Å². The van der Waals surface area contributed by atoms with E-state index in [0.29, 0.717) is 17.8 Å². The molecule has 0 radical (unpaired) electrons. The van der Waals surface area contributed by atoms with Gasteiger partial charge in [-0.25, -0.2) is 9.69 Å². The summed E-state index contributed by atoms with van der Waals surface area (Å²) in [6.45, 7) is 3.14. The number of ketones is 1. The molecule has 4 saturated carbocycles. The van der Waals surface area contributed by atoms with Gasteiger partial charge in [0.05, 0.1) is 6.54 Å². The average Bonchev–Trinajstić information content (AvgIpc) is 2.69. The number of carbonyl (C=O) groups is 4. The van der Waals surface area contributed by atoms with Crippen molar-refractivity contribution in [2.24, 2.45) is 23.2 Å². The molecule has 5 rings (SSSR count). The van der Waals surface area contributed by atoms with Crippen LogP contribution in [0.2, 0.25) is 0 Å². The highest BCUT2D eigenvalue weighted by atomic mass is 16.2. The molecule has 0 atom stereocenters. The van der Waals surface area contributed by atoms with Crippen molar-refractivity contribution in [2.75, 3.05) is 6.54 Å². The van der Waals surface area contributed by atoms with E-state index in [1.807, 2.05) is 0 Å². The second-order valence-corrected chi connectivity index (χ2v) is 8.56. The molecule has 6 nitrogen and oxygen atoms in total. The quantitative estimate of drug-likeness (QED) is 0.583. The van der Waals surface area contributed by atoms with E-state index in [1.165, 1.54) is 19.3 Å². The maximum atomic E-state index is 13.1. The number of amides is 4. The van der Waals surface area contributed by atoms with Crippen LogP contribution in [0, 0.1) is 23.2 Å². The Morgan fingerprint density at radius 1 is 1.00 bits per heavy atom. The number of imide groups is 2. The van der Waals surface area contributed by atoms with E-state index in [9.17, 15) is 19.2 Å². The number of hydrogen-bond acceptors (Lipinski definition) is 4. The molecule has 5 aliphatic rings. The van der Waals surface area contributed by atoms with Crippen LogP contribution in [0.3, 0.4) is 0 Å². The molecule has 0 aromatic carbocycles. The minimum atomic E-state index is -0.855. The third kappa shape index (κ3) is 2.15. The van der Waals surface area contributed by atoms with Crippen molar-refractivity contribution in [3.05, 3.63) is 0 Å². The van der Waals surface area contributed by atoms with Crippen LogP contribution in [0.1, 0.15) is 52.4 Å². The van der Waals surface area contributed by atoms with E-state index in [4.69, 9.17) is 0 Å². The van der Waals surface area contributed by atoms with Gasteiger partial charge < -0.3 is 0 Å². The SMILES string of the molecule is CC(C)N1C(=O)C(=O)N(CC(=O)C23CC4CC(CC(C4)C2)C3)C1=O. The van der Waals surface area contributed by atoms with Crippen molar-refractivity contribution in [2.45, 2.75) is 58.4 Å². The standard InChI is InChI=1S/C18H24N2O4/c1-10(2)20-16(23)15(22)19(17(20)24)9-14(21)18-6-11-3-12(7-18)5-13(4-11)8-18/h10-13H,3-9H2,1-2H3. The van der Waals surface area contributed by atoms with E-state index in [1.54, 1.807) is 13.8 Å². The molecule has 0 aromatic rings. The van der Waals surface area contributed by atoms with Crippen LogP contribution < -0.4 is 0 Å². The third-order valence-corrected chi connectivity index (χ3v) is 6.53.